The summed E-state index contributed by atoms with van der Waals surface area (Å²) in [4.78, 5) is 25.0. The van der Waals surface area contributed by atoms with E-state index in [-0.39, 0.29) is 11.8 Å². The second kappa shape index (κ2) is 8.86. The first kappa shape index (κ1) is 20.0. The van der Waals surface area contributed by atoms with E-state index in [4.69, 9.17) is 11.6 Å². The van der Waals surface area contributed by atoms with Gasteiger partial charge >= 0.3 is 0 Å². The third-order valence-corrected chi connectivity index (χ3v) is 4.58. The standard InChI is InChI=1S/C21H25ClN2O2/c1-15-14-17(22)11-12-18(15)24-20(26)21(2,3)19(25)23-13-7-10-16-8-5-4-6-9-16/h4-6,8-9,11-12,14H,7,10,13H2,1-3H3,(H,23,25)(H,24,26). The molecule has 0 saturated heterocycles. The van der Waals surface area contributed by atoms with Gasteiger partial charge in [0.25, 0.3) is 0 Å². The van der Waals surface area contributed by atoms with E-state index in [0.29, 0.717) is 17.3 Å². The van der Waals surface area contributed by atoms with Gasteiger partial charge in [-0.05, 0) is 62.9 Å². The highest BCUT2D eigenvalue weighted by atomic mass is 35.5. The molecule has 0 fully saturated rings. The van der Waals surface area contributed by atoms with E-state index in [2.05, 4.69) is 22.8 Å². The zero-order chi connectivity index (χ0) is 19.2. The van der Waals surface area contributed by atoms with Crippen molar-refractivity contribution in [1.29, 1.82) is 0 Å². The number of aryl methyl sites for hydroxylation is 2. The first-order chi connectivity index (χ1) is 12.3. The lowest BCUT2D eigenvalue weighted by Gasteiger charge is -2.23. The van der Waals surface area contributed by atoms with Crippen LogP contribution >= 0.6 is 11.6 Å². The second-order valence-electron chi connectivity index (χ2n) is 6.88. The van der Waals surface area contributed by atoms with Crippen LogP contribution in [0.25, 0.3) is 0 Å². The van der Waals surface area contributed by atoms with Crippen LogP contribution in [0.3, 0.4) is 0 Å². The number of carbonyl (C=O) groups is 2. The summed E-state index contributed by atoms with van der Waals surface area (Å²) in [6, 6.07) is 15.3. The first-order valence-corrected chi connectivity index (χ1v) is 9.08. The summed E-state index contributed by atoms with van der Waals surface area (Å²) >= 11 is 5.93. The van der Waals surface area contributed by atoms with E-state index in [9.17, 15) is 9.59 Å². The van der Waals surface area contributed by atoms with E-state index < -0.39 is 5.41 Å². The van der Waals surface area contributed by atoms with Crippen LogP contribution < -0.4 is 10.6 Å². The lowest BCUT2D eigenvalue weighted by Crippen LogP contribution is -2.45. The summed E-state index contributed by atoms with van der Waals surface area (Å²) in [5.74, 6) is -0.627. The Morgan fingerprint density at radius 2 is 1.73 bits per heavy atom. The first-order valence-electron chi connectivity index (χ1n) is 8.70. The maximum atomic E-state index is 12.6. The van der Waals surface area contributed by atoms with E-state index in [1.165, 1.54) is 5.56 Å². The predicted molar refractivity (Wildman–Crippen MR) is 106 cm³/mol. The molecule has 0 aliphatic carbocycles. The van der Waals surface area contributed by atoms with Crippen LogP contribution in [0, 0.1) is 12.3 Å². The van der Waals surface area contributed by atoms with Crippen LogP contribution in [0.1, 0.15) is 31.4 Å². The Kier molecular flexibility index (Phi) is 6.81. The van der Waals surface area contributed by atoms with Gasteiger partial charge in [0.05, 0.1) is 0 Å². The number of halogens is 1. The minimum Gasteiger partial charge on any atom is -0.355 e. The van der Waals surface area contributed by atoms with Crippen molar-refractivity contribution < 1.29 is 9.59 Å². The molecule has 2 aromatic rings. The van der Waals surface area contributed by atoms with Gasteiger partial charge in [0, 0.05) is 17.3 Å². The SMILES string of the molecule is Cc1cc(Cl)ccc1NC(=O)C(C)(C)C(=O)NCCCc1ccccc1. The normalized spacial score (nSPS) is 11.1. The maximum absolute atomic E-state index is 12.6. The Bertz CT molecular complexity index is 773. The molecule has 0 aliphatic heterocycles. The Balaban J connectivity index is 1.86. The van der Waals surface area contributed by atoms with Crippen LogP contribution in [0.4, 0.5) is 5.69 Å². The van der Waals surface area contributed by atoms with Gasteiger partial charge in [-0.1, -0.05) is 41.9 Å². The molecule has 0 aliphatic rings. The van der Waals surface area contributed by atoms with Crippen LogP contribution in [-0.2, 0) is 16.0 Å². The number of benzene rings is 2. The number of nitrogens with one attached hydrogen (secondary N) is 2. The van der Waals surface area contributed by atoms with Crippen molar-refractivity contribution in [1.82, 2.24) is 5.32 Å². The maximum Gasteiger partial charge on any atom is 0.239 e. The van der Waals surface area contributed by atoms with Gasteiger partial charge in [-0.25, -0.2) is 0 Å². The fourth-order valence-electron chi connectivity index (χ4n) is 2.51. The average Bonchev–Trinajstić information content (AvgIpc) is 2.61. The molecule has 0 unspecified atom stereocenters. The molecule has 26 heavy (non-hydrogen) atoms. The molecule has 2 aromatic carbocycles. The smallest absolute Gasteiger partial charge is 0.239 e. The molecule has 4 nitrogen and oxygen atoms in total. The molecular weight excluding hydrogens is 348 g/mol. The molecule has 0 radical (unpaired) electrons. The van der Waals surface area contributed by atoms with Gasteiger partial charge in [0.2, 0.25) is 11.8 Å². The van der Waals surface area contributed by atoms with Gasteiger partial charge in [-0.3, -0.25) is 9.59 Å². The third kappa shape index (κ3) is 5.33. The van der Waals surface area contributed by atoms with Crippen molar-refractivity contribution in [3.63, 3.8) is 0 Å². The highest BCUT2D eigenvalue weighted by Crippen LogP contribution is 2.23. The van der Waals surface area contributed by atoms with Gasteiger partial charge in [-0.2, -0.15) is 0 Å². The zero-order valence-electron chi connectivity index (χ0n) is 15.4. The Morgan fingerprint density at radius 3 is 2.38 bits per heavy atom. The highest BCUT2D eigenvalue weighted by molar-refractivity contribution is 6.30. The molecular formula is C21H25ClN2O2. The molecule has 0 saturated carbocycles. The van der Waals surface area contributed by atoms with Crippen molar-refractivity contribution >= 4 is 29.1 Å². The predicted octanol–water partition coefficient (Wildman–Crippen LogP) is 4.36. The summed E-state index contributed by atoms with van der Waals surface area (Å²) in [7, 11) is 0. The van der Waals surface area contributed by atoms with Crippen LogP contribution in [-0.4, -0.2) is 18.4 Å². The van der Waals surface area contributed by atoms with Gasteiger partial charge < -0.3 is 10.6 Å². The zero-order valence-corrected chi connectivity index (χ0v) is 16.2. The average molecular weight is 373 g/mol. The number of hydrogen-bond acceptors (Lipinski definition) is 2. The Labute approximate surface area is 159 Å². The minimum absolute atomic E-state index is 0.283. The van der Waals surface area contributed by atoms with Crippen molar-refractivity contribution in [3.8, 4) is 0 Å². The van der Waals surface area contributed by atoms with Gasteiger partial charge in [-0.15, -0.1) is 0 Å². The monoisotopic (exact) mass is 372 g/mol. The summed E-state index contributed by atoms with van der Waals surface area (Å²) in [5, 5.41) is 6.29. The molecule has 0 bridgehead atoms. The van der Waals surface area contributed by atoms with Crippen molar-refractivity contribution in [2.24, 2.45) is 5.41 Å². The number of anilines is 1. The Morgan fingerprint density at radius 1 is 1.04 bits per heavy atom. The fraction of sp³-hybridized carbons (Fsp3) is 0.333. The number of hydrogen-bond donors (Lipinski definition) is 2. The van der Waals surface area contributed by atoms with E-state index >= 15 is 0 Å². The quantitative estimate of drug-likeness (QED) is 0.560. The number of amides is 2. The van der Waals surface area contributed by atoms with E-state index in [1.54, 1.807) is 32.0 Å². The molecule has 0 spiro atoms. The molecule has 138 valence electrons. The lowest BCUT2D eigenvalue weighted by molar-refractivity contribution is -0.138. The molecule has 0 aromatic heterocycles. The molecule has 0 atom stereocenters. The lowest BCUT2D eigenvalue weighted by atomic mass is 9.90. The largest absolute Gasteiger partial charge is 0.355 e. The summed E-state index contributed by atoms with van der Waals surface area (Å²) in [6.45, 7) is 5.64. The highest BCUT2D eigenvalue weighted by Gasteiger charge is 2.36. The Hall–Kier alpha value is -2.33. The third-order valence-electron chi connectivity index (χ3n) is 4.34. The minimum atomic E-state index is -1.17. The van der Waals surface area contributed by atoms with Crippen LogP contribution in [0.5, 0.6) is 0 Å². The van der Waals surface area contributed by atoms with Crippen LogP contribution in [0.15, 0.2) is 48.5 Å². The summed E-state index contributed by atoms with van der Waals surface area (Å²) in [5.41, 5.74) is 1.57. The molecule has 2 rings (SSSR count). The van der Waals surface area contributed by atoms with E-state index in [0.717, 1.165) is 18.4 Å². The number of carbonyl (C=O) groups excluding carboxylic acids is 2. The summed E-state index contributed by atoms with van der Waals surface area (Å²) in [6.07, 6.45) is 1.71. The topological polar surface area (TPSA) is 58.2 Å². The van der Waals surface area contributed by atoms with Gasteiger partial charge in [0.1, 0.15) is 5.41 Å². The molecule has 0 heterocycles. The molecule has 2 N–H and O–H groups in total. The van der Waals surface area contributed by atoms with Crippen molar-refractivity contribution in [2.75, 3.05) is 11.9 Å². The second-order valence-corrected chi connectivity index (χ2v) is 7.32. The van der Waals surface area contributed by atoms with Gasteiger partial charge in [0.15, 0.2) is 0 Å². The number of rotatable bonds is 7. The molecule has 5 heteroatoms. The summed E-state index contributed by atoms with van der Waals surface area (Å²) < 4.78 is 0. The van der Waals surface area contributed by atoms with Crippen LogP contribution in [0.2, 0.25) is 5.02 Å². The van der Waals surface area contributed by atoms with Crippen molar-refractivity contribution in [3.05, 3.63) is 64.7 Å². The van der Waals surface area contributed by atoms with E-state index in [1.807, 2.05) is 25.1 Å². The van der Waals surface area contributed by atoms with Crippen molar-refractivity contribution in [2.45, 2.75) is 33.6 Å². The molecule has 2 amide bonds. The fourth-order valence-corrected chi connectivity index (χ4v) is 2.74.